The Bertz CT molecular complexity index is 1200. The van der Waals surface area contributed by atoms with Crippen LogP contribution in [-0.2, 0) is 16.6 Å². The highest BCUT2D eigenvalue weighted by molar-refractivity contribution is 6.30. The quantitative estimate of drug-likeness (QED) is 0.441. The Labute approximate surface area is 199 Å². The van der Waals surface area contributed by atoms with E-state index in [0.29, 0.717) is 17.9 Å². The van der Waals surface area contributed by atoms with Gasteiger partial charge in [0.1, 0.15) is 5.54 Å². The summed E-state index contributed by atoms with van der Waals surface area (Å²) in [4.78, 5) is 17.0. The number of nitrogens with one attached hydrogen (secondary N) is 1. The number of halogens is 1. The number of aryl methyl sites for hydroxylation is 1. The van der Waals surface area contributed by atoms with Gasteiger partial charge < -0.3 is 10.4 Å². The van der Waals surface area contributed by atoms with E-state index in [2.05, 4.69) is 46.7 Å². The van der Waals surface area contributed by atoms with Gasteiger partial charge in [-0.25, -0.2) is 4.79 Å². The van der Waals surface area contributed by atoms with Crippen molar-refractivity contribution in [3.63, 3.8) is 0 Å². The number of carbonyl (C=O) groups is 1. The molecule has 3 aromatic rings. The Morgan fingerprint density at radius 2 is 1.76 bits per heavy atom. The number of pyridine rings is 1. The second kappa shape index (κ2) is 8.68. The standard InChI is InChI=1S/C28H27ClN2O2/c29-22-7-5-9-24(19-22)31-28(26(32)33)15-13-27(14-16-28)21(11-12-23-8-3-4-17-30-23)18-20-6-1-2-10-25(20)27/h1-10,17-19,31H,11-16H2,(H,32,33). The molecule has 0 radical (unpaired) electrons. The van der Waals surface area contributed by atoms with E-state index >= 15 is 0 Å². The van der Waals surface area contributed by atoms with E-state index in [1.807, 2.05) is 30.5 Å². The molecule has 2 aliphatic carbocycles. The molecule has 33 heavy (non-hydrogen) atoms. The molecule has 2 aliphatic rings. The SMILES string of the molecule is O=C(O)C1(Nc2cccc(Cl)c2)CCC2(CC1)C(CCc1ccccn1)=Cc1ccccc12. The normalized spacial score (nSPS) is 23.7. The van der Waals surface area contributed by atoms with Gasteiger partial charge in [-0.15, -0.1) is 0 Å². The predicted molar refractivity (Wildman–Crippen MR) is 133 cm³/mol. The Morgan fingerprint density at radius 3 is 2.48 bits per heavy atom. The third-order valence-electron chi connectivity index (χ3n) is 7.37. The highest BCUT2D eigenvalue weighted by Gasteiger charge is 2.51. The molecule has 2 N–H and O–H groups in total. The minimum atomic E-state index is -1.00. The molecule has 0 amide bonds. The molecule has 2 aromatic carbocycles. The van der Waals surface area contributed by atoms with Crippen LogP contribution in [0.5, 0.6) is 0 Å². The largest absolute Gasteiger partial charge is 0.480 e. The number of carboxylic acids is 1. The zero-order chi connectivity index (χ0) is 22.9. The lowest BCUT2D eigenvalue weighted by Crippen LogP contribution is -2.52. The predicted octanol–water partition coefficient (Wildman–Crippen LogP) is 6.51. The lowest BCUT2D eigenvalue weighted by Gasteiger charge is -2.45. The first-order valence-corrected chi connectivity index (χ1v) is 11.9. The molecular weight excluding hydrogens is 432 g/mol. The Hall–Kier alpha value is -3.11. The summed E-state index contributed by atoms with van der Waals surface area (Å²) in [5.41, 5.74) is 4.72. The summed E-state index contributed by atoms with van der Waals surface area (Å²) in [5, 5.41) is 14.2. The summed E-state index contributed by atoms with van der Waals surface area (Å²) >= 11 is 6.15. The van der Waals surface area contributed by atoms with Crippen LogP contribution in [0.25, 0.3) is 6.08 Å². The van der Waals surface area contributed by atoms with Crippen LogP contribution in [0, 0.1) is 0 Å². The van der Waals surface area contributed by atoms with Crippen molar-refractivity contribution in [3.8, 4) is 0 Å². The molecule has 0 saturated heterocycles. The number of rotatable bonds is 6. The van der Waals surface area contributed by atoms with Crippen LogP contribution in [0.1, 0.15) is 48.9 Å². The van der Waals surface area contributed by atoms with Crippen LogP contribution >= 0.6 is 11.6 Å². The molecule has 0 atom stereocenters. The van der Waals surface area contributed by atoms with Crippen LogP contribution in [0.3, 0.4) is 0 Å². The number of carboxylic acid groups (broad SMARTS) is 1. The molecule has 1 aromatic heterocycles. The minimum Gasteiger partial charge on any atom is -0.480 e. The molecule has 0 unspecified atom stereocenters. The molecule has 0 bridgehead atoms. The average molecular weight is 459 g/mol. The van der Waals surface area contributed by atoms with Gasteiger partial charge in [0, 0.05) is 28.0 Å². The van der Waals surface area contributed by atoms with Crippen LogP contribution in [0.4, 0.5) is 5.69 Å². The third-order valence-corrected chi connectivity index (χ3v) is 7.61. The molecule has 5 rings (SSSR count). The van der Waals surface area contributed by atoms with Crippen LogP contribution in [-0.4, -0.2) is 21.6 Å². The van der Waals surface area contributed by atoms with E-state index in [4.69, 9.17) is 11.6 Å². The van der Waals surface area contributed by atoms with Crippen molar-refractivity contribution in [2.45, 2.75) is 49.5 Å². The maximum absolute atomic E-state index is 12.5. The van der Waals surface area contributed by atoms with Gasteiger partial charge in [-0.3, -0.25) is 4.98 Å². The van der Waals surface area contributed by atoms with Gasteiger partial charge in [-0.1, -0.05) is 59.6 Å². The summed E-state index contributed by atoms with van der Waals surface area (Å²) in [6.45, 7) is 0. The summed E-state index contributed by atoms with van der Waals surface area (Å²) in [5.74, 6) is -0.803. The van der Waals surface area contributed by atoms with Crippen molar-refractivity contribution in [1.29, 1.82) is 0 Å². The number of fused-ring (bicyclic) bond motifs is 2. The van der Waals surface area contributed by atoms with E-state index < -0.39 is 11.5 Å². The van der Waals surface area contributed by atoms with E-state index in [0.717, 1.165) is 37.1 Å². The number of benzene rings is 2. The van der Waals surface area contributed by atoms with Crippen molar-refractivity contribution in [1.82, 2.24) is 4.98 Å². The molecule has 1 heterocycles. The Kier molecular flexibility index (Phi) is 5.71. The van der Waals surface area contributed by atoms with Crippen LogP contribution < -0.4 is 5.32 Å². The number of hydrogen-bond acceptors (Lipinski definition) is 3. The van der Waals surface area contributed by atoms with Crippen molar-refractivity contribution in [3.05, 3.63) is 100 Å². The highest BCUT2D eigenvalue weighted by atomic mass is 35.5. The first-order valence-electron chi connectivity index (χ1n) is 11.5. The molecule has 1 fully saturated rings. The first-order chi connectivity index (χ1) is 16.0. The zero-order valence-corrected chi connectivity index (χ0v) is 19.2. The number of aromatic nitrogens is 1. The molecule has 5 heteroatoms. The van der Waals surface area contributed by atoms with Crippen molar-refractivity contribution >= 4 is 29.3 Å². The van der Waals surface area contributed by atoms with E-state index in [-0.39, 0.29) is 5.41 Å². The lowest BCUT2D eigenvalue weighted by molar-refractivity contribution is -0.143. The number of hydrogen-bond donors (Lipinski definition) is 2. The maximum atomic E-state index is 12.5. The van der Waals surface area contributed by atoms with Gasteiger partial charge in [0.05, 0.1) is 0 Å². The van der Waals surface area contributed by atoms with Gasteiger partial charge in [-0.05, 0) is 80.0 Å². The fraction of sp³-hybridized carbons (Fsp3) is 0.286. The maximum Gasteiger partial charge on any atom is 0.329 e. The number of anilines is 1. The lowest BCUT2D eigenvalue weighted by atomic mass is 9.61. The van der Waals surface area contributed by atoms with Crippen LogP contribution in [0.15, 0.2) is 78.5 Å². The van der Waals surface area contributed by atoms with Gasteiger partial charge in [-0.2, -0.15) is 0 Å². The second-order valence-corrected chi connectivity index (χ2v) is 9.62. The third kappa shape index (κ3) is 4.04. The number of aliphatic carboxylic acids is 1. The number of allylic oxidation sites excluding steroid dienone is 1. The van der Waals surface area contributed by atoms with Gasteiger partial charge >= 0.3 is 5.97 Å². The molecule has 168 valence electrons. The van der Waals surface area contributed by atoms with E-state index in [9.17, 15) is 9.90 Å². The Balaban J connectivity index is 1.42. The van der Waals surface area contributed by atoms with Gasteiger partial charge in [0.25, 0.3) is 0 Å². The summed E-state index contributed by atoms with van der Waals surface area (Å²) < 4.78 is 0. The second-order valence-electron chi connectivity index (χ2n) is 9.18. The average Bonchev–Trinajstić information content (AvgIpc) is 3.13. The van der Waals surface area contributed by atoms with Gasteiger partial charge in [0.2, 0.25) is 0 Å². The molecule has 1 spiro atoms. The number of nitrogens with zero attached hydrogens (tertiary/aromatic N) is 1. The highest BCUT2D eigenvalue weighted by Crippen LogP contribution is 2.54. The summed E-state index contributed by atoms with van der Waals surface area (Å²) in [7, 11) is 0. The first kappa shape index (κ1) is 21.7. The fourth-order valence-corrected chi connectivity index (χ4v) is 5.80. The molecule has 1 saturated carbocycles. The topological polar surface area (TPSA) is 62.2 Å². The molecular formula is C28H27ClN2O2. The molecule has 0 aliphatic heterocycles. The smallest absolute Gasteiger partial charge is 0.329 e. The van der Waals surface area contributed by atoms with Crippen molar-refractivity contribution < 1.29 is 9.90 Å². The zero-order valence-electron chi connectivity index (χ0n) is 18.4. The minimum absolute atomic E-state index is 0.111. The van der Waals surface area contributed by atoms with Crippen LogP contribution in [0.2, 0.25) is 5.02 Å². The van der Waals surface area contributed by atoms with E-state index in [1.165, 1.54) is 16.7 Å². The monoisotopic (exact) mass is 458 g/mol. The van der Waals surface area contributed by atoms with E-state index in [1.54, 1.807) is 12.1 Å². The molecule has 4 nitrogen and oxygen atoms in total. The summed E-state index contributed by atoms with van der Waals surface area (Å²) in [6.07, 6.45) is 8.65. The Morgan fingerprint density at radius 1 is 0.970 bits per heavy atom. The fourth-order valence-electron chi connectivity index (χ4n) is 5.61. The van der Waals surface area contributed by atoms with Gasteiger partial charge in [0.15, 0.2) is 0 Å². The van der Waals surface area contributed by atoms with Crippen molar-refractivity contribution in [2.24, 2.45) is 0 Å². The summed E-state index contributed by atoms with van der Waals surface area (Å²) in [6, 6.07) is 21.9. The van der Waals surface area contributed by atoms with Crippen molar-refractivity contribution in [2.75, 3.05) is 5.32 Å².